The second-order valence-electron chi connectivity index (χ2n) is 10.8. The summed E-state index contributed by atoms with van der Waals surface area (Å²) in [5.74, 6) is -1.23. The predicted molar refractivity (Wildman–Crippen MR) is 156 cm³/mol. The molecule has 3 aromatic rings. The number of carbonyl (C=O) groups is 2. The van der Waals surface area contributed by atoms with Gasteiger partial charge in [-0.15, -0.1) is 0 Å². The second kappa shape index (κ2) is 14.2. The highest BCUT2D eigenvalue weighted by molar-refractivity contribution is 7.89. The van der Waals surface area contributed by atoms with Gasteiger partial charge in [-0.05, 0) is 79.6 Å². The lowest BCUT2D eigenvalue weighted by atomic mass is 9.85. The molecule has 44 heavy (non-hydrogen) atoms. The van der Waals surface area contributed by atoms with E-state index in [-0.39, 0.29) is 29.6 Å². The van der Waals surface area contributed by atoms with Crippen molar-refractivity contribution in [2.45, 2.75) is 61.3 Å². The molecule has 0 saturated heterocycles. The Kier molecular flexibility index (Phi) is 10.7. The Balaban J connectivity index is 1.31. The quantitative estimate of drug-likeness (QED) is 0.231. The lowest BCUT2D eigenvalue weighted by Gasteiger charge is -2.30. The Hall–Kier alpha value is -3.94. The summed E-state index contributed by atoms with van der Waals surface area (Å²) in [7, 11) is -4.05. The molecule has 9 nitrogen and oxygen atoms in total. The van der Waals surface area contributed by atoms with Gasteiger partial charge in [0.15, 0.2) is 0 Å². The molecule has 236 valence electrons. The van der Waals surface area contributed by atoms with Gasteiger partial charge in [-0.25, -0.2) is 13.1 Å². The lowest BCUT2D eigenvalue weighted by Crippen LogP contribution is -2.42. The number of halogens is 3. The minimum Gasteiger partial charge on any atom is -0.508 e. The van der Waals surface area contributed by atoms with Gasteiger partial charge in [0.25, 0.3) is 0 Å². The van der Waals surface area contributed by atoms with Crippen LogP contribution in [-0.2, 0) is 36.9 Å². The third kappa shape index (κ3) is 9.04. The van der Waals surface area contributed by atoms with Crippen LogP contribution >= 0.6 is 0 Å². The van der Waals surface area contributed by atoms with Gasteiger partial charge < -0.3 is 20.9 Å². The van der Waals surface area contributed by atoms with E-state index in [9.17, 15) is 36.3 Å². The summed E-state index contributed by atoms with van der Waals surface area (Å²) in [6.45, 7) is -0.153. The number of rotatable bonds is 11. The molecule has 1 fully saturated rings. The lowest BCUT2D eigenvalue weighted by molar-refractivity contribution is -0.146. The van der Waals surface area contributed by atoms with Crippen LogP contribution in [-0.4, -0.2) is 44.1 Å². The number of aromatic hydroxyl groups is 1. The highest BCUT2D eigenvalue weighted by Crippen LogP contribution is 2.30. The average Bonchev–Trinajstić information content (AvgIpc) is 3.00. The van der Waals surface area contributed by atoms with Gasteiger partial charge in [0.2, 0.25) is 15.9 Å². The molecular weight excluding hydrogens is 599 g/mol. The van der Waals surface area contributed by atoms with Crippen LogP contribution in [0.5, 0.6) is 5.75 Å². The SMILES string of the molecule is N[C@@H](Cc1ccc(O)cc1)C(=O)OC[C@@H](NC(=O)C1CCC(NS(=O)(=O)c2ccc(C(F)(F)F)cc2)CC1)c1ccccc1. The van der Waals surface area contributed by atoms with Gasteiger partial charge in [-0.2, -0.15) is 13.2 Å². The van der Waals surface area contributed by atoms with E-state index in [1.54, 1.807) is 36.4 Å². The zero-order chi connectivity index (χ0) is 31.9. The summed E-state index contributed by atoms with van der Waals surface area (Å²) in [4.78, 5) is 25.6. The largest absolute Gasteiger partial charge is 0.508 e. The molecule has 0 aliphatic heterocycles. The highest BCUT2D eigenvalue weighted by atomic mass is 32.2. The normalized spacial score (nSPS) is 18.6. The van der Waals surface area contributed by atoms with Crippen LogP contribution in [0.2, 0.25) is 0 Å². The summed E-state index contributed by atoms with van der Waals surface area (Å²) in [6, 6.07) is 16.5. The average molecular weight is 634 g/mol. The molecule has 1 amide bonds. The fraction of sp³-hybridized carbons (Fsp3) is 0.355. The molecule has 13 heteroatoms. The highest BCUT2D eigenvalue weighted by Gasteiger charge is 2.33. The molecule has 1 aliphatic carbocycles. The van der Waals surface area contributed by atoms with Crippen molar-refractivity contribution in [3.05, 3.63) is 95.6 Å². The standard InChI is InChI=1S/C31H34F3N3O6S/c32-31(33,34)23-10-16-26(17-11-23)44(41,42)37-24-12-8-22(9-13-24)29(39)36-28(21-4-2-1-3-5-21)19-43-30(40)27(35)18-20-6-14-25(38)15-7-20/h1-7,10-11,14-17,22,24,27-28,37-38H,8-9,12-13,18-19,35H2,(H,36,39)/t22?,24?,27-,28+/m0/s1. The molecule has 1 aliphatic rings. The number of hydrogen-bond acceptors (Lipinski definition) is 7. The maximum atomic E-state index is 13.2. The molecule has 2 atom stereocenters. The Bertz CT molecular complexity index is 1510. The van der Waals surface area contributed by atoms with E-state index in [0.717, 1.165) is 35.4 Å². The van der Waals surface area contributed by atoms with Crippen LogP contribution in [0.1, 0.15) is 48.4 Å². The zero-order valence-electron chi connectivity index (χ0n) is 23.7. The van der Waals surface area contributed by atoms with E-state index < -0.39 is 51.8 Å². The van der Waals surface area contributed by atoms with E-state index in [0.29, 0.717) is 25.7 Å². The van der Waals surface area contributed by atoms with Crippen LogP contribution in [0.25, 0.3) is 0 Å². The third-order valence-corrected chi connectivity index (χ3v) is 9.05. The second-order valence-corrected chi connectivity index (χ2v) is 12.5. The van der Waals surface area contributed by atoms with Crippen LogP contribution in [0.15, 0.2) is 83.8 Å². The topological polar surface area (TPSA) is 148 Å². The van der Waals surface area contributed by atoms with Crippen LogP contribution in [0, 0.1) is 5.92 Å². The van der Waals surface area contributed by atoms with Crippen LogP contribution in [0.4, 0.5) is 13.2 Å². The molecule has 0 heterocycles. The van der Waals surface area contributed by atoms with E-state index in [2.05, 4.69) is 10.0 Å². The van der Waals surface area contributed by atoms with Crippen molar-refractivity contribution in [1.29, 1.82) is 0 Å². The number of alkyl halides is 3. The van der Waals surface area contributed by atoms with E-state index in [4.69, 9.17) is 10.5 Å². The first-order valence-electron chi connectivity index (χ1n) is 14.1. The van der Waals surface area contributed by atoms with Crippen molar-refractivity contribution < 1.29 is 41.0 Å². The molecular formula is C31H34F3N3O6S. The first-order valence-corrected chi connectivity index (χ1v) is 15.5. The van der Waals surface area contributed by atoms with Crippen molar-refractivity contribution in [1.82, 2.24) is 10.0 Å². The monoisotopic (exact) mass is 633 g/mol. The number of ether oxygens (including phenoxy) is 1. The molecule has 0 aromatic heterocycles. The van der Waals surface area contributed by atoms with Gasteiger partial charge in [-0.3, -0.25) is 9.59 Å². The van der Waals surface area contributed by atoms with Crippen molar-refractivity contribution in [2.24, 2.45) is 11.7 Å². The van der Waals surface area contributed by atoms with Crippen molar-refractivity contribution in [3.63, 3.8) is 0 Å². The minimum atomic E-state index is -4.57. The molecule has 4 rings (SSSR count). The Morgan fingerprint density at radius 3 is 2.14 bits per heavy atom. The van der Waals surface area contributed by atoms with E-state index in [1.807, 2.05) is 6.07 Å². The van der Waals surface area contributed by atoms with E-state index >= 15 is 0 Å². The van der Waals surface area contributed by atoms with Gasteiger partial charge >= 0.3 is 12.1 Å². The van der Waals surface area contributed by atoms with Crippen LogP contribution < -0.4 is 15.8 Å². The zero-order valence-corrected chi connectivity index (χ0v) is 24.5. The summed E-state index contributed by atoms with van der Waals surface area (Å²) < 4.78 is 72.0. The molecule has 0 bridgehead atoms. The number of hydrogen-bond donors (Lipinski definition) is 4. The first-order chi connectivity index (χ1) is 20.8. The smallest absolute Gasteiger partial charge is 0.416 e. The molecule has 0 radical (unpaired) electrons. The number of sulfonamides is 1. The Labute approximate surface area is 253 Å². The number of nitrogens with one attached hydrogen (secondary N) is 2. The number of phenols is 1. The van der Waals surface area contributed by atoms with Crippen LogP contribution in [0.3, 0.4) is 0 Å². The molecule has 0 spiro atoms. The number of nitrogens with two attached hydrogens (primary N) is 1. The fourth-order valence-corrected chi connectivity index (χ4v) is 6.33. The van der Waals surface area contributed by atoms with Crippen molar-refractivity contribution in [2.75, 3.05) is 6.61 Å². The molecule has 5 N–H and O–H groups in total. The number of benzene rings is 3. The number of phenolic OH excluding ortho intramolecular Hbond substituents is 1. The maximum absolute atomic E-state index is 13.2. The van der Waals surface area contributed by atoms with Gasteiger partial charge in [-0.1, -0.05) is 42.5 Å². The van der Waals surface area contributed by atoms with Gasteiger partial charge in [0.1, 0.15) is 18.4 Å². The summed E-state index contributed by atoms with van der Waals surface area (Å²) in [6.07, 6.45) is -2.90. The molecule has 3 aromatic carbocycles. The fourth-order valence-electron chi connectivity index (χ4n) is 5.02. The predicted octanol–water partition coefficient (Wildman–Crippen LogP) is 4.22. The molecule has 0 unspecified atom stereocenters. The van der Waals surface area contributed by atoms with Crippen molar-refractivity contribution in [3.8, 4) is 5.75 Å². The summed E-state index contributed by atoms with van der Waals surface area (Å²) in [5, 5.41) is 12.4. The number of carbonyl (C=O) groups excluding carboxylic acids is 2. The maximum Gasteiger partial charge on any atom is 0.416 e. The summed E-state index contributed by atoms with van der Waals surface area (Å²) >= 11 is 0. The van der Waals surface area contributed by atoms with Gasteiger partial charge in [0, 0.05) is 12.0 Å². The van der Waals surface area contributed by atoms with Gasteiger partial charge in [0.05, 0.1) is 16.5 Å². The first kappa shape index (κ1) is 33.0. The molecule has 1 saturated carbocycles. The number of amides is 1. The van der Waals surface area contributed by atoms with E-state index in [1.165, 1.54) is 12.1 Å². The number of esters is 1. The minimum absolute atomic E-state index is 0.0966. The Morgan fingerprint density at radius 2 is 1.55 bits per heavy atom. The van der Waals surface area contributed by atoms with Crippen molar-refractivity contribution >= 4 is 21.9 Å². The third-order valence-electron chi connectivity index (χ3n) is 7.52. The summed E-state index contributed by atoms with van der Waals surface area (Å²) in [5.41, 5.74) is 6.56. The Morgan fingerprint density at radius 1 is 0.932 bits per heavy atom.